The van der Waals surface area contributed by atoms with Crippen molar-refractivity contribution in [3.63, 3.8) is 0 Å². The van der Waals surface area contributed by atoms with Crippen LogP contribution in [0.4, 0.5) is 0 Å². The summed E-state index contributed by atoms with van der Waals surface area (Å²) in [5.74, 6) is 0.589. The first-order valence-corrected chi connectivity index (χ1v) is 5.43. The molecule has 0 bridgehead atoms. The van der Waals surface area contributed by atoms with Gasteiger partial charge < -0.3 is 5.32 Å². The Bertz CT molecular complexity index is 286. The highest BCUT2D eigenvalue weighted by atomic mass is 14.9. The molecule has 1 aliphatic heterocycles. The van der Waals surface area contributed by atoms with Crippen LogP contribution in [0.15, 0.2) is 18.3 Å². The molecule has 2 heteroatoms. The second-order valence-corrected chi connectivity index (χ2v) is 4.22. The summed E-state index contributed by atoms with van der Waals surface area (Å²) in [4.78, 5) is 4.34. The molecule has 0 aliphatic carbocycles. The highest BCUT2D eigenvalue weighted by molar-refractivity contribution is 5.19. The summed E-state index contributed by atoms with van der Waals surface area (Å²) in [6.07, 6.45) is 4.63. The van der Waals surface area contributed by atoms with E-state index in [-0.39, 0.29) is 0 Å². The van der Waals surface area contributed by atoms with Gasteiger partial charge in [-0.25, -0.2) is 0 Å². The molecule has 1 fully saturated rings. The second kappa shape index (κ2) is 4.09. The van der Waals surface area contributed by atoms with Crippen LogP contribution in [0.25, 0.3) is 0 Å². The molecule has 2 rings (SSSR count). The number of aryl methyl sites for hydroxylation is 1. The van der Waals surface area contributed by atoms with E-state index in [9.17, 15) is 0 Å². The van der Waals surface area contributed by atoms with Gasteiger partial charge in [-0.05, 0) is 43.9 Å². The van der Waals surface area contributed by atoms with E-state index in [1.54, 1.807) is 0 Å². The van der Waals surface area contributed by atoms with Crippen molar-refractivity contribution in [2.75, 3.05) is 6.54 Å². The molecule has 0 saturated carbocycles. The van der Waals surface area contributed by atoms with Crippen molar-refractivity contribution in [1.29, 1.82) is 0 Å². The Morgan fingerprint density at radius 1 is 1.50 bits per heavy atom. The molecular formula is C12H18N2. The normalized spacial score (nSPS) is 23.7. The summed E-state index contributed by atoms with van der Waals surface area (Å²) < 4.78 is 0. The van der Waals surface area contributed by atoms with Crippen LogP contribution in [-0.2, 0) is 0 Å². The van der Waals surface area contributed by atoms with Crippen molar-refractivity contribution in [2.24, 2.45) is 0 Å². The van der Waals surface area contributed by atoms with Crippen LogP contribution in [-0.4, -0.2) is 17.6 Å². The topological polar surface area (TPSA) is 24.9 Å². The van der Waals surface area contributed by atoms with Crippen molar-refractivity contribution in [3.05, 3.63) is 29.6 Å². The molecule has 2 unspecified atom stereocenters. The molecule has 0 aromatic carbocycles. The van der Waals surface area contributed by atoms with Crippen molar-refractivity contribution in [1.82, 2.24) is 10.3 Å². The lowest BCUT2D eigenvalue weighted by Gasteiger charge is -2.19. The van der Waals surface area contributed by atoms with E-state index < -0.39 is 0 Å². The lowest BCUT2D eigenvalue weighted by Crippen LogP contribution is -2.27. The van der Waals surface area contributed by atoms with E-state index in [0.717, 1.165) is 5.69 Å². The van der Waals surface area contributed by atoms with Gasteiger partial charge in [-0.1, -0.05) is 13.0 Å². The van der Waals surface area contributed by atoms with Gasteiger partial charge in [0.05, 0.1) is 0 Å². The third-order valence-electron chi connectivity index (χ3n) is 3.16. The SMILES string of the molecule is Cc1ccc(C(C)C2CCCN2)cn1. The smallest absolute Gasteiger partial charge is 0.0372 e. The molecule has 2 atom stereocenters. The number of hydrogen-bond donors (Lipinski definition) is 1. The Kier molecular flexibility index (Phi) is 2.82. The lowest BCUT2D eigenvalue weighted by molar-refractivity contribution is 0.516. The Morgan fingerprint density at radius 3 is 2.93 bits per heavy atom. The van der Waals surface area contributed by atoms with Gasteiger partial charge in [0.1, 0.15) is 0 Å². The molecule has 76 valence electrons. The Hall–Kier alpha value is -0.890. The number of aromatic nitrogens is 1. The molecule has 0 radical (unpaired) electrons. The average Bonchev–Trinajstić information content (AvgIpc) is 2.71. The van der Waals surface area contributed by atoms with E-state index >= 15 is 0 Å². The van der Waals surface area contributed by atoms with Crippen molar-refractivity contribution in [2.45, 2.75) is 38.6 Å². The number of rotatable bonds is 2. The maximum atomic E-state index is 4.34. The predicted octanol–water partition coefficient (Wildman–Crippen LogP) is 2.25. The third kappa shape index (κ3) is 1.95. The Morgan fingerprint density at radius 2 is 2.36 bits per heavy atom. The molecule has 1 aromatic heterocycles. The van der Waals surface area contributed by atoms with Crippen LogP contribution >= 0.6 is 0 Å². The number of nitrogens with one attached hydrogen (secondary N) is 1. The quantitative estimate of drug-likeness (QED) is 0.773. The molecule has 14 heavy (non-hydrogen) atoms. The van der Waals surface area contributed by atoms with Crippen LogP contribution in [0.1, 0.15) is 36.9 Å². The first-order valence-electron chi connectivity index (χ1n) is 5.43. The molecule has 0 amide bonds. The third-order valence-corrected chi connectivity index (χ3v) is 3.16. The number of nitrogens with zero attached hydrogens (tertiary/aromatic N) is 1. The lowest BCUT2D eigenvalue weighted by atomic mass is 9.93. The Labute approximate surface area is 85.7 Å². The van der Waals surface area contributed by atoms with Gasteiger partial charge in [0, 0.05) is 17.9 Å². The summed E-state index contributed by atoms with van der Waals surface area (Å²) in [5.41, 5.74) is 2.45. The monoisotopic (exact) mass is 190 g/mol. The maximum Gasteiger partial charge on any atom is 0.0372 e. The summed E-state index contributed by atoms with van der Waals surface area (Å²) in [7, 11) is 0. The minimum atomic E-state index is 0.589. The minimum absolute atomic E-state index is 0.589. The van der Waals surface area contributed by atoms with Gasteiger partial charge in [0.25, 0.3) is 0 Å². The number of hydrogen-bond acceptors (Lipinski definition) is 2. The summed E-state index contributed by atoms with van der Waals surface area (Å²) in [5, 5.41) is 3.54. The van der Waals surface area contributed by atoms with Gasteiger partial charge in [-0.3, -0.25) is 4.98 Å². The Balaban J connectivity index is 2.09. The molecule has 2 heterocycles. The van der Waals surface area contributed by atoms with Crippen LogP contribution in [0.3, 0.4) is 0 Å². The fourth-order valence-corrected chi connectivity index (χ4v) is 2.12. The molecule has 1 aliphatic rings. The summed E-state index contributed by atoms with van der Waals surface area (Å²) in [6, 6.07) is 4.95. The van der Waals surface area contributed by atoms with Crippen molar-refractivity contribution in [3.8, 4) is 0 Å². The van der Waals surface area contributed by atoms with Crippen molar-refractivity contribution < 1.29 is 0 Å². The van der Waals surface area contributed by atoms with Gasteiger partial charge in [-0.2, -0.15) is 0 Å². The average molecular weight is 190 g/mol. The van der Waals surface area contributed by atoms with E-state index in [1.807, 2.05) is 13.1 Å². The van der Waals surface area contributed by atoms with Crippen molar-refractivity contribution >= 4 is 0 Å². The zero-order chi connectivity index (χ0) is 9.97. The molecule has 0 spiro atoms. The molecular weight excluding hydrogens is 172 g/mol. The van der Waals surface area contributed by atoms with E-state index in [4.69, 9.17) is 0 Å². The van der Waals surface area contributed by atoms with Crippen LogP contribution in [0.2, 0.25) is 0 Å². The summed E-state index contributed by atoms with van der Waals surface area (Å²) in [6.45, 7) is 5.49. The molecule has 1 aromatic rings. The highest BCUT2D eigenvalue weighted by Crippen LogP contribution is 2.24. The minimum Gasteiger partial charge on any atom is -0.313 e. The van der Waals surface area contributed by atoms with Gasteiger partial charge in [-0.15, -0.1) is 0 Å². The maximum absolute atomic E-state index is 4.34. The zero-order valence-electron chi connectivity index (χ0n) is 8.96. The van der Waals surface area contributed by atoms with Crippen LogP contribution < -0.4 is 5.32 Å². The van der Waals surface area contributed by atoms with E-state index in [0.29, 0.717) is 12.0 Å². The standard InChI is InChI=1S/C12H18N2/c1-9-5-6-11(8-14-9)10(2)12-4-3-7-13-12/h5-6,8,10,12-13H,3-4,7H2,1-2H3. The molecule has 2 nitrogen and oxygen atoms in total. The number of pyridine rings is 1. The first-order chi connectivity index (χ1) is 6.77. The van der Waals surface area contributed by atoms with Crippen LogP contribution in [0, 0.1) is 6.92 Å². The predicted molar refractivity (Wildman–Crippen MR) is 58.4 cm³/mol. The van der Waals surface area contributed by atoms with E-state index in [2.05, 4.69) is 29.4 Å². The molecule has 1 saturated heterocycles. The van der Waals surface area contributed by atoms with Crippen LogP contribution in [0.5, 0.6) is 0 Å². The first kappa shape index (κ1) is 9.66. The zero-order valence-corrected chi connectivity index (χ0v) is 8.96. The molecule has 1 N–H and O–H groups in total. The fraction of sp³-hybridized carbons (Fsp3) is 0.583. The highest BCUT2D eigenvalue weighted by Gasteiger charge is 2.21. The van der Waals surface area contributed by atoms with Gasteiger partial charge in [0.15, 0.2) is 0 Å². The van der Waals surface area contributed by atoms with Gasteiger partial charge >= 0.3 is 0 Å². The largest absolute Gasteiger partial charge is 0.313 e. The fourth-order valence-electron chi connectivity index (χ4n) is 2.12. The van der Waals surface area contributed by atoms with E-state index in [1.165, 1.54) is 24.9 Å². The summed E-state index contributed by atoms with van der Waals surface area (Å²) >= 11 is 0. The van der Waals surface area contributed by atoms with Gasteiger partial charge in [0.2, 0.25) is 0 Å². The second-order valence-electron chi connectivity index (χ2n) is 4.22.